The third-order valence-corrected chi connectivity index (χ3v) is 4.06. The molecular formula is C17H22ClN3O2. The number of rotatable bonds is 6. The molecule has 0 spiro atoms. The van der Waals surface area contributed by atoms with Crippen molar-refractivity contribution >= 4 is 34.3 Å². The third-order valence-electron chi connectivity index (χ3n) is 3.82. The molecule has 0 aliphatic rings. The van der Waals surface area contributed by atoms with Crippen molar-refractivity contribution in [3.8, 4) is 0 Å². The molecule has 0 unspecified atom stereocenters. The van der Waals surface area contributed by atoms with Crippen LogP contribution in [0.2, 0.25) is 5.02 Å². The first-order valence-electron chi connectivity index (χ1n) is 7.76. The molecule has 1 heterocycles. The van der Waals surface area contributed by atoms with Crippen LogP contribution in [0.4, 0.5) is 0 Å². The summed E-state index contributed by atoms with van der Waals surface area (Å²) in [5, 5.41) is 7.30. The maximum absolute atomic E-state index is 12.5. The van der Waals surface area contributed by atoms with Gasteiger partial charge in [0.15, 0.2) is 0 Å². The van der Waals surface area contributed by atoms with Crippen LogP contribution >= 0.6 is 11.6 Å². The van der Waals surface area contributed by atoms with Crippen LogP contribution in [-0.4, -0.2) is 29.5 Å². The molecule has 1 aromatic carbocycles. The second-order valence-corrected chi connectivity index (χ2v) is 5.91. The molecular weight excluding hydrogens is 314 g/mol. The number of carbonyl (C=O) groups is 2. The maximum Gasteiger partial charge on any atom is 0.268 e. The highest BCUT2D eigenvalue weighted by molar-refractivity contribution is 6.31. The van der Waals surface area contributed by atoms with Gasteiger partial charge in [0, 0.05) is 42.5 Å². The normalized spacial score (nSPS) is 10.8. The predicted molar refractivity (Wildman–Crippen MR) is 93.0 cm³/mol. The van der Waals surface area contributed by atoms with E-state index in [0.717, 1.165) is 16.5 Å². The zero-order valence-corrected chi connectivity index (χ0v) is 14.5. The summed E-state index contributed by atoms with van der Waals surface area (Å²) < 4.78 is 2.00. The minimum absolute atomic E-state index is 0.0600. The van der Waals surface area contributed by atoms with Gasteiger partial charge in [-0.25, -0.2) is 0 Å². The minimum atomic E-state index is -0.0977. The molecule has 6 heteroatoms. The Balaban J connectivity index is 2.16. The molecule has 2 rings (SSSR count). The number of nitrogens with one attached hydrogen (secondary N) is 2. The molecule has 0 bridgehead atoms. The molecule has 0 fully saturated rings. The van der Waals surface area contributed by atoms with Crippen molar-refractivity contribution in [2.75, 3.05) is 13.1 Å². The molecule has 0 radical (unpaired) electrons. The lowest BCUT2D eigenvalue weighted by atomic mass is 10.1. The lowest BCUT2D eigenvalue weighted by molar-refractivity contribution is -0.118. The number of fused-ring (bicyclic) bond motifs is 1. The van der Waals surface area contributed by atoms with Crippen molar-refractivity contribution in [3.63, 3.8) is 0 Å². The van der Waals surface area contributed by atoms with Gasteiger partial charge in [0.05, 0.1) is 0 Å². The number of carbonyl (C=O) groups excluding carboxylic acids is 2. The first-order chi connectivity index (χ1) is 11.0. The number of aryl methyl sites for hydroxylation is 2. The van der Waals surface area contributed by atoms with Gasteiger partial charge in [-0.2, -0.15) is 0 Å². The Labute approximate surface area is 141 Å². The van der Waals surface area contributed by atoms with E-state index in [4.69, 9.17) is 11.6 Å². The Morgan fingerprint density at radius 2 is 1.91 bits per heavy atom. The third kappa shape index (κ3) is 3.85. The number of halogens is 1. The average molecular weight is 336 g/mol. The fraction of sp³-hybridized carbons (Fsp3) is 0.412. The summed E-state index contributed by atoms with van der Waals surface area (Å²) in [7, 11) is 0. The van der Waals surface area contributed by atoms with E-state index in [0.29, 0.717) is 36.8 Å². The van der Waals surface area contributed by atoms with Crippen molar-refractivity contribution < 1.29 is 9.59 Å². The van der Waals surface area contributed by atoms with Crippen molar-refractivity contribution in [2.45, 2.75) is 33.7 Å². The van der Waals surface area contributed by atoms with Gasteiger partial charge in [0.1, 0.15) is 5.69 Å². The highest BCUT2D eigenvalue weighted by Crippen LogP contribution is 2.28. The quantitative estimate of drug-likeness (QED) is 0.797. The van der Waals surface area contributed by atoms with E-state index < -0.39 is 0 Å². The number of aromatic nitrogens is 1. The fourth-order valence-corrected chi connectivity index (χ4v) is 2.93. The van der Waals surface area contributed by atoms with Gasteiger partial charge >= 0.3 is 0 Å². The maximum atomic E-state index is 12.5. The summed E-state index contributed by atoms with van der Waals surface area (Å²) in [6, 6.07) is 5.68. The van der Waals surface area contributed by atoms with Gasteiger partial charge in [-0.15, -0.1) is 0 Å². The smallest absolute Gasteiger partial charge is 0.268 e. The number of benzene rings is 1. The molecule has 124 valence electrons. The van der Waals surface area contributed by atoms with Crippen LogP contribution in [0, 0.1) is 6.92 Å². The van der Waals surface area contributed by atoms with Crippen LogP contribution in [-0.2, 0) is 11.3 Å². The molecule has 0 aliphatic heterocycles. The van der Waals surface area contributed by atoms with Gasteiger partial charge in [0.2, 0.25) is 5.91 Å². The van der Waals surface area contributed by atoms with Crippen molar-refractivity contribution in [1.82, 2.24) is 15.2 Å². The van der Waals surface area contributed by atoms with Gasteiger partial charge in [-0.05, 0) is 44.0 Å². The molecule has 2 aromatic rings. The largest absolute Gasteiger partial charge is 0.356 e. The highest BCUT2D eigenvalue weighted by Gasteiger charge is 2.19. The summed E-state index contributed by atoms with van der Waals surface area (Å²) in [5.74, 6) is -0.158. The Morgan fingerprint density at radius 3 is 2.57 bits per heavy atom. The van der Waals surface area contributed by atoms with Crippen molar-refractivity contribution in [3.05, 3.63) is 34.5 Å². The lowest BCUT2D eigenvalue weighted by Crippen LogP contribution is -2.30. The zero-order valence-electron chi connectivity index (χ0n) is 13.7. The minimum Gasteiger partial charge on any atom is -0.356 e. The highest BCUT2D eigenvalue weighted by atomic mass is 35.5. The topological polar surface area (TPSA) is 63.1 Å². The van der Waals surface area contributed by atoms with Gasteiger partial charge in [0.25, 0.3) is 5.91 Å². The standard InChI is InChI=1S/C17H22ClN3O2/c1-4-21-15-7-6-13(18)10-14(15)11(2)16(21)17(23)20-9-5-8-19-12(3)22/h6-7,10H,4-5,8-9H2,1-3H3,(H,19,22)(H,20,23). The molecule has 1 aromatic heterocycles. The second-order valence-electron chi connectivity index (χ2n) is 5.47. The van der Waals surface area contributed by atoms with Crippen LogP contribution in [0.25, 0.3) is 10.9 Å². The van der Waals surface area contributed by atoms with Crippen LogP contribution in [0.3, 0.4) is 0 Å². The number of hydrogen-bond donors (Lipinski definition) is 2. The molecule has 2 amide bonds. The first-order valence-corrected chi connectivity index (χ1v) is 8.14. The summed E-state index contributed by atoms with van der Waals surface area (Å²) in [6.07, 6.45) is 0.697. The Bertz CT molecular complexity index is 737. The monoisotopic (exact) mass is 335 g/mol. The summed E-state index contributed by atoms with van der Waals surface area (Å²) in [4.78, 5) is 23.3. The van der Waals surface area contributed by atoms with E-state index in [1.165, 1.54) is 6.92 Å². The number of hydrogen-bond acceptors (Lipinski definition) is 2. The fourth-order valence-electron chi connectivity index (χ4n) is 2.75. The molecule has 0 atom stereocenters. The number of nitrogens with zero attached hydrogens (tertiary/aromatic N) is 1. The summed E-state index contributed by atoms with van der Waals surface area (Å²) >= 11 is 6.07. The molecule has 0 saturated carbocycles. The van der Waals surface area contributed by atoms with Crippen LogP contribution in [0.1, 0.15) is 36.3 Å². The first kappa shape index (κ1) is 17.3. The van der Waals surface area contributed by atoms with Crippen LogP contribution in [0.5, 0.6) is 0 Å². The van der Waals surface area contributed by atoms with Crippen molar-refractivity contribution in [2.24, 2.45) is 0 Å². The summed E-state index contributed by atoms with van der Waals surface area (Å²) in [5.41, 5.74) is 2.62. The van der Waals surface area contributed by atoms with Crippen LogP contribution < -0.4 is 10.6 Å². The Kier molecular flexibility index (Phi) is 5.66. The Morgan fingerprint density at radius 1 is 1.22 bits per heavy atom. The Hall–Kier alpha value is -2.01. The van der Waals surface area contributed by atoms with Gasteiger partial charge in [-0.3, -0.25) is 9.59 Å². The number of amides is 2. The van der Waals surface area contributed by atoms with E-state index >= 15 is 0 Å². The second kappa shape index (κ2) is 7.51. The molecule has 2 N–H and O–H groups in total. The van der Waals surface area contributed by atoms with E-state index in [1.54, 1.807) is 0 Å². The van der Waals surface area contributed by atoms with Crippen molar-refractivity contribution in [1.29, 1.82) is 0 Å². The zero-order chi connectivity index (χ0) is 17.0. The van der Waals surface area contributed by atoms with Gasteiger partial charge in [-0.1, -0.05) is 11.6 Å². The molecule has 0 saturated heterocycles. The van der Waals surface area contributed by atoms with Gasteiger partial charge < -0.3 is 15.2 Å². The predicted octanol–water partition coefficient (Wildman–Crippen LogP) is 2.88. The SMILES string of the molecule is CCn1c(C(=O)NCCCNC(C)=O)c(C)c2cc(Cl)ccc21. The van der Waals surface area contributed by atoms with E-state index in [9.17, 15) is 9.59 Å². The molecule has 5 nitrogen and oxygen atoms in total. The van der Waals surface area contributed by atoms with E-state index in [-0.39, 0.29) is 11.8 Å². The molecule has 0 aliphatic carbocycles. The average Bonchev–Trinajstić information content (AvgIpc) is 2.78. The van der Waals surface area contributed by atoms with Crippen LogP contribution in [0.15, 0.2) is 18.2 Å². The van der Waals surface area contributed by atoms with E-state index in [1.807, 2.05) is 36.6 Å². The lowest BCUT2D eigenvalue weighted by Gasteiger charge is -2.10. The van der Waals surface area contributed by atoms with E-state index in [2.05, 4.69) is 10.6 Å². The summed E-state index contributed by atoms with van der Waals surface area (Å²) in [6.45, 7) is 7.22. The molecule has 23 heavy (non-hydrogen) atoms.